The fraction of sp³-hybridized carbons (Fsp3) is 0.0645. The molecule has 4 aromatic carbocycles. The number of esters is 1. The smallest absolute Gasteiger partial charge is 0.337 e. The van der Waals surface area contributed by atoms with Crippen molar-refractivity contribution in [2.75, 3.05) is 12.4 Å². The van der Waals surface area contributed by atoms with Crippen LogP contribution in [0.15, 0.2) is 96.0 Å². The lowest BCUT2D eigenvalue weighted by atomic mass is 10.00. The zero-order chi connectivity index (χ0) is 28.9. The largest absolute Gasteiger partial charge is 0.494 e. The van der Waals surface area contributed by atoms with Gasteiger partial charge in [0.05, 0.1) is 29.6 Å². The summed E-state index contributed by atoms with van der Waals surface area (Å²) >= 11 is 0. The Hall–Kier alpha value is -5.51. The number of nitrogens with one attached hydrogen (secondary N) is 3. The Labute approximate surface area is 233 Å². The van der Waals surface area contributed by atoms with Gasteiger partial charge in [-0.1, -0.05) is 42.5 Å². The third-order valence-corrected chi connectivity index (χ3v) is 6.29. The van der Waals surface area contributed by atoms with Crippen molar-refractivity contribution in [1.82, 2.24) is 10.3 Å². The summed E-state index contributed by atoms with van der Waals surface area (Å²) in [4.78, 5) is 32.0. The third-order valence-electron chi connectivity index (χ3n) is 6.29. The molecule has 0 unspecified atom stereocenters. The molecule has 0 bridgehead atoms. The van der Waals surface area contributed by atoms with Crippen molar-refractivity contribution < 1.29 is 28.2 Å². The molecule has 0 aliphatic carbocycles. The highest BCUT2D eigenvalue weighted by Gasteiger charge is 2.20. The number of nitrogens with zero attached hydrogens (tertiary/aromatic N) is 1. The van der Waals surface area contributed by atoms with Gasteiger partial charge in [-0.25, -0.2) is 23.4 Å². The molecule has 0 saturated carbocycles. The van der Waals surface area contributed by atoms with E-state index in [9.17, 15) is 23.5 Å². The van der Waals surface area contributed by atoms with Crippen LogP contribution in [0.25, 0.3) is 10.9 Å². The normalized spacial score (nSPS) is 11.3. The van der Waals surface area contributed by atoms with Gasteiger partial charge in [0.1, 0.15) is 0 Å². The van der Waals surface area contributed by atoms with Crippen LogP contribution in [0.1, 0.15) is 27.0 Å². The molecule has 2 amide bonds. The van der Waals surface area contributed by atoms with E-state index in [1.165, 1.54) is 13.2 Å². The molecule has 5 aromatic rings. The van der Waals surface area contributed by atoms with Crippen LogP contribution in [0.3, 0.4) is 0 Å². The van der Waals surface area contributed by atoms with Crippen LogP contribution >= 0.6 is 0 Å². The summed E-state index contributed by atoms with van der Waals surface area (Å²) in [7, 11) is 1.30. The predicted octanol–water partition coefficient (Wildman–Crippen LogP) is 6.43. The van der Waals surface area contributed by atoms with Crippen molar-refractivity contribution in [1.29, 1.82) is 0 Å². The number of carbonyl (C=O) groups excluding carboxylic acids is 2. The molecule has 0 aliphatic rings. The highest BCUT2D eigenvalue weighted by atomic mass is 19.2. The number of carbonyl (C=O) groups is 2. The average molecular weight is 555 g/mol. The quantitative estimate of drug-likeness (QED) is 0.137. The number of benzene rings is 4. The number of ether oxygens (including phenoxy) is 1. The van der Waals surface area contributed by atoms with E-state index in [4.69, 9.17) is 9.73 Å². The number of aliphatic imine (C=N–C) groups is 1. The van der Waals surface area contributed by atoms with E-state index in [2.05, 4.69) is 15.6 Å². The van der Waals surface area contributed by atoms with E-state index in [0.29, 0.717) is 44.7 Å². The zero-order valence-electron chi connectivity index (χ0n) is 21.7. The molecule has 1 aromatic heterocycles. The zero-order valence-corrected chi connectivity index (χ0v) is 21.7. The molecule has 206 valence electrons. The Morgan fingerprint density at radius 2 is 1.66 bits per heavy atom. The average Bonchev–Trinajstić information content (AvgIpc) is 3.32. The number of aromatic amines is 1. The summed E-state index contributed by atoms with van der Waals surface area (Å²) in [5.41, 5.74) is 4.03. The van der Waals surface area contributed by atoms with E-state index in [1.54, 1.807) is 42.5 Å². The molecule has 41 heavy (non-hydrogen) atoms. The minimum atomic E-state index is -0.984. The van der Waals surface area contributed by atoms with Crippen molar-refractivity contribution >= 4 is 40.0 Å². The molecular weight excluding hydrogens is 530 g/mol. The predicted molar refractivity (Wildman–Crippen MR) is 152 cm³/mol. The molecule has 0 aliphatic heterocycles. The molecule has 0 fully saturated rings. The first kappa shape index (κ1) is 27.1. The summed E-state index contributed by atoms with van der Waals surface area (Å²) < 4.78 is 31.3. The Balaban J connectivity index is 1.39. The minimum absolute atomic E-state index is 0.0150. The number of anilines is 1. The second-order valence-electron chi connectivity index (χ2n) is 9.03. The maximum atomic E-state index is 13.4. The molecule has 1 heterocycles. The summed E-state index contributed by atoms with van der Waals surface area (Å²) in [5.74, 6) is -2.54. The SMILES string of the molecule is COC(=O)c1ccc2c(C(=Nc3ccc(NC(=O)NCc4ccc(F)c(F)c4)cc3)c3ccccc3)c(O)[nH]c2c1. The van der Waals surface area contributed by atoms with E-state index in [-0.39, 0.29) is 12.4 Å². The van der Waals surface area contributed by atoms with Crippen molar-refractivity contribution in [3.8, 4) is 5.88 Å². The maximum absolute atomic E-state index is 13.4. The van der Waals surface area contributed by atoms with Gasteiger partial charge in [0.2, 0.25) is 0 Å². The molecule has 0 atom stereocenters. The molecule has 5 rings (SSSR count). The van der Waals surface area contributed by atoms with Gasteiger partial charge in [0.25, 0.3) is 0 Å². The standard InChI is InChI=1S/C31H24F2N4O4/c1-41-30(39)20-8-13-23-26(16-20)37-29(38)27(23)28(19-5-3-2-4-6-19)35-21-9-11-22(12-10-21)36-31(40)34-17-18-7-14-24(32)25(33)15-18/h2-16,37-38H,17H2,1H3,(H2,34,36,40). The van der Waals surface area contributed by atoms with Gasteiger partial charge in [0, 0.05) is 28.7 Å². The Morgan fingerprint density at radius 3 is 2.37 bits per heavy atom. The van der Waals surface area contributed by atoms with Crippen LogP contribution in [0.5, 0.6) is 5.88 Å². The second-order valence-corrected chi connectivity index (χ2v) is 9.03. The van der Waals surface area contributed by atoms with Crippen molar-refractivity contribution in [2.45, 2.75) is 6.54 Å². The Morgan fingerprint density at radius 1 is 0.902 bits per heavy atom. The molecule has 10 heteroatoms. The Kier molecular flexibility index (Phi) is 7.73. The first-order chi connectivity index (χ1) is 19.8. The van der Waals surface area contributed by atoms with Gasteiger partial charge < -0.3 is 25.5 Å². The Bertz CT molecular complexity index is 1770. The number of rotatable bonds is 7. The number of methoxy groups -OCH3 is 1. The molecule has 0 radical (unpaired) electrons. The van der Waals surface area contributed by atoms with Gasteiger partial charge in [0.15, 0.2) is 17.5 Å². The van der Waals surface area contributed by atoms with Crippen LogP contribution in [0, 0.1) is 11.6 Å². The summed E-state index contributed by atoms with van der Waals surface area (Å²) in [5, 5.41) is 16.8. The highest BCUT2D eigenvalue weighted by molar-refractivity contribution is 6.22. The van der Waals surface area contributed by atoms with Gasteiger partial charge in [-0.2, -0.15) is 0 Å². The first-order valence-electron chi connectivity index (χ1n) is 12.5. The van der Waals surface area contributed by atoms with Gasteiger partial charge >= 0.3 is 12.0 Å². The number of halogens is 2. The van der Waals surface area contributed by atoms with E-state index in [1.807, 2.05) is 30.3 Å². The maximum Gasteiger partial charge on any atom is 0.337 e. The first-order valence-corrected chi connectivity index (χ1v) is 12.5. The fourth-order valence-electron chi connectivity index (χ4n) is 4.28. The molecular formula is C31H24F2N4O4. The lowest BCUT2D eigenvalue weighted by molar-refractivity contribution is 0.0601. The van der Waals surface area contributed by atoms with Crippen molar-refractivity contribution in [2.24, 2.45) is 4.99 Å². The van der Waals surface area contributed by atoms with Crippen LogP contribution in [-0.4, -0.2) is 34.9 Å². The number of urea groups is 1. The van der Waals surface area contributed by atoms with Crippen molar-refractivity contribution in [3.63, 3.8) is 0 Å². The number of aromatic hydroxyl groups is 1. The van der Waals surface area contributed by atoms with E-state index < -0.39 is 23.6 Å². The number of fused-ring (bicyclic) bond motifs is 1. The van der Waals surface area contributed by atoms with Crippen LogP contribution in [-0.2, 0) is 11.3 Å². The summed E-state index contributed by atoms with van der Waals surface area (Å²) in [6, 6.07) is 23.9. The monoisotopic (exact) mass is 554 g/mol. The van der Waals surface area contributed by atoms with Gasteiger partial charge in [-0.15, -0.1) is 0 Å². The summed E-state index contributed by atoms with van der Waals surface area (Å²) in [6.07, 6.45) is 0. The minimum Gasteiger partial charge on any atom is -0.494 e. The number of H-pyrrole nitrogens is 1. The molecule has 4 N–H and O–H groups in total. The lowest BCUT2D eigenvalue weighted by Crippen LogP contribution is -2.28. The summed E-state index contributed by atoms with van der Waals surface area (Å²) in [6.45, 7) is 0.0150. The number of aromatic nitrogens is 1. The van der Waals surface area contributed by atoms with E-state index >= 15 is 0 Å². The number of hydrogen-bond acceptors (Lipinski definition) is 5. The fourth-order valence-corrected chi connectivity index (χ4v) is 4.28. The van der Waals surface area contributed by atoms with Gasteiger partial charge in [-0.3, -0.25) is 0 Å². The topological polar surface area (TPSA) is 116 Å². The third kappa shape index (κ3) is 6.06. The molecule has 0 spiro atoms. The number of amides is 2. The van der Waals surface area contributed by atoms with Gasteiger partial charge in [-0.05, 0) is 54.1 Å². The highest BCUT2D eigenvalue weighted by Crippen LogP contribution is 2.32. The van der Waals surface area contributed by atoms with Crippen LogP contribution in [0.2, 0.25) is 0 Å². The van der Waals surface area contributed by atoms with E-state index in [0.717, 1.165) is 17.7 Å². The van der Waals surface area contributed by atoms with Crippen molar-refractivity contribution in [3.05, 3.63) is 125 Å². The van der Waals surface area contributed by atoms with Crippen LogP contribution < -0.4 is 10.6 Å². The van der Waals surface area contributed by atoms with Crippen LogP contribution in [0.4, 0.5) is 25.0 Å². The molecule has 0 saturated heterocycles. The molecule has 8 nitrogen and oxygen atoms in total. The number of hydrogen-bond donors (Lipinski definition) is 4. The second kappa shape index (κ2) is 11.7. The lowest BCUT2D eigenvalue weighted by Gasteiger charge is -2.10.